The number of anilines is 1. The lowest BCUT2D eigenvalue weighted by Gasteiger charge is -2.16. The summed E-state index contributed by atoms with van der Waals surface area (Å²) in [6.07, 6.45) is 5.15. The number of esters is 1. The van der Waals surface area contributed by atoms with Crippen LogP contribution in [0.1, 0.15) is 55.1 Å². The number of aromatic nitrogens is 3. The van der Waals surface area contributed by atoms with Gasteiger partial charge in [0.25, 0.3) is 11.5 Å². The number of ether oxygens (including phenoxy) is 3. The first kappa shape index (κ1) is 26.9. The van der Waals surface area contributed by atoms with Crippen LogP contribution < -0.4 is 25.8 Å². The van der Waals surface area contributed by atoms with E-state index in [4.69, 9.17) is 19.2 Å². The molecule has 12 heteroatoms. The molecule has 0 radical (unpaired) electrons. The first-order valence-electron chi connectivity index (χ1n) is 13.9. The SMILES string of the molecule is COC(=O)c1c(NC(=O)c2cc3c(=O)n4cccc(C)c4nc3n(Cc3ccc4c(c3)OCO4)c2=N)sc2c1CCCC2. The van der Waals surface area contributed by atoms with E-state index in [0.717, 1.165) is 47.3 Å². The van der Waals surface area contributed by atoms with Gasteiger partial charge in [-0.05, 0) is 73.6 Å². The van der Waals surface area contributed by atoms with Crippen LogP contribution in [0, 0.1) is 12.3 Å². The van der Waals surface area contributed by atoms with E-state index in [9.17, 15) is 19.8 Å². The topological polar surface area (TPSA) is 137 Å². The highest BCUT2D eigenvalue weighted by Gasteiger charge is 2.28. The summed E-state index contributed by atoms with van der Waals surface area (Å²) in [6, 6.07) is 10.5. The van der Waals surface area contributed by atoms with Gasteiger partial charge >= 0.3 is 5.97 Å². The number of amides is 1. The molecule has 0 fully saturated rings. The molecule has 0 atom stereocenters. The minimum absolute atomic E-state index is 0.0260. The fraction of sp³-hybridized carbons (Fsp3) is 0.258. The maximum absolute atomic E-state index is 13.9. The quantitative estimate of drug-likeness (QED) is 0.229. The summed E-state index contributed by atoms with van der Waals surface area (Å²) in [4.78, 5) is 46.3. The molecule has 2 N–H and O–H groups in total. The van der Waals surface area contributed by atoms with Crippen LogP contribution >= 0.6 is 11.3 Å². The van der Waals surface area contributed by atoms with E-state index in [1.165, 1.54) is 28.9 Å². The van der Waals surface area contributed by atoms with Crippen LogP contribution in [0.2, 0.25) is 0 Å². The zero-order chi connectivity index (χ0) is 29.8. The summed E-state index contributed by atoms with van der Waals surface area (Å²) in [5.41, 5.74) is 3.05. The third-order valence-electron chi connectivity index (χ3n) is 7.94. The summed E-state index contributed by atoms with van der Waals surface area (Å²) in [6.45, 7) is 2.12. The molecular formula is C31H27N5O6S. The Kier molecular flexibility index (Phi) is 6.50. The van der Waals surface area contributed by atoms with Crippen molar-refractivity contribution in [2.24, 2.45) is 0 Å². The molecule has 11 nitrogen and oxygen atoms in total. The molecule has 1 aliphatic heterocycles. The second-order valence-corrected chi connectivity index (χ2v) is 11.7. The van der Waals surface area contributed by atoms with E-state index in [0.29, 0.717) is 27.7 Å². The highest BCUT2D eigenvalue weighted by molar-refractivity contribution is 7.17. The smallest absolute Gasteiger partial charge is 0.341 e. The molecule has 0 unspecified atom stereocenters. The zero-order valence-corrected chi connectivity index (χ0v) is 24.3. The number of hydrogen-bond acceptors (Lipinski definition) is 9. The summed E-state index contributed by atoms with van der Waals surface area (Å²) in [5, 5.41) is 12.6. The number of carbonyl (C=O) groups excluding carboxylic acids is 2. The third kappa shape index (κ3) is 4.45. The van der Waals surface area contributed by atoms with Crippen molar-refractivity contribution in [1.29, 1.82) is 5.41 Å². The van der Waals surface area contributed by atoms with Gasteiger partial charge < -0.3 is 24.1 Å². The Hall–Kier alpha value is -4.97. The van der Waals surface area contributed by atoms with E-state index < -0.39 is 11.9 Å². The third-order valence-corrected chi connectivity index (χ3v) is 9.15. The number of methoxy groups -OCH3 is 1. The van der Waals surface area contributed by atoms with Gasteiger partial charge in [-0.25, -0.2) is 9.78 Å². The Balaban J connectivity index is 1.40. The van der Waals surface area contributed by atoms with E-state index in [1.54, 1.807) is 22.9 Å². The van der Waals surface area contributed by atoms with Gasteiger partial charge in [0.1, 0.15) is 21.8 Å². The van der Waals surface area contributed by atoms with Crippen LogP contribution in [-0.4, -0.2) is 39.7 Å². The molecule has 218 valence electrons. The van der Waals surface area contributed by atoms with E-state index >= 15 is 0 Å². The number of thiophene rings is 1. The number of pyridine rings is 2. The van der Waals surface area contributed by atoms with Crippen LogP contribution in [0.4, 0.5) is 5.00 Å². The highest BCUT2D eigenvalue weighted by atomic mass is 32.1. The van der Waals surface area contributed by atoms with Crippen molar-refractivity contribution in [3.8, 4) is 11.5 Å². The minimum atomic E-state index is -0.608. The Bertz CT molecular complexity index is 2110. The number of benzene rings is 1. The second-order valence-electron chi connectivity index (χ2n) is 10.6. The van der Waals surface area contributed by atoms with E-state index in [2.05, 4.69) is 5.32 Å². The molecule has 1 aromatic carbocycles. The normalized spacial score (nSPS) is 13.7. The first-order chi connectivity index (χ1) is 20.8. The van der Waals surface area contributed by atoms with Crippen molar-refractivity contribution in [1.82, 2.24) is 14.0 Å². The van der Waals surface area contributed by atoms with E-state index in [-0.39, 0.29) is 41.0 Å². The highest BCUT2D eigenvalue weighted by Crippen LogP contribution is 2.39. The van der Waals surface area contributed by atoms with Gasteiger partial charge in [-0.15, -0.1) is 11.3 Å². The van der Waals surface area contributed by atoms with Crippen molar-refractivity contribution < 1.29 is 23.8 Å². The van der Waals surface area contributed by atoms with Crippen LogP contribution in [0.5, 0.6) is 11.5 Å². The number of rotatable bonds is 5. The van der Waals surface area contributed by atoms with Gasteiger partial charge in [0.2, 0.25) is 6.79 Å². The van der Waals surface area contributed by atoms with Crippen LogP contribution in [-0.2, 0) is 24.1 Å². The van der Waals surface area contributed by atoms with Gasteiger partial charge in [-0.1, -0.05) is 12.1 Å². The van der Waals surface area contributed by atoms with Crippen molar-refractivity contribution in [2.45, 2.75) is 39.2 Å². The molecule has 7 rings (SSSR count). The van der Waals surface area contributed by atoms with Crippen molar-refractivity contribution >= 4 is 44.9 Å². The molecule has 1 aliphatic carbocycles. The van der Waals surface area contributed by atoms with Gasteiger partial charge in [0.05, 0.1) is 30.2 Å². The van der Waals surface area contributed by atoms with Crippen molar-refractivity contribution in [3.05, 3.63) is 91.1 Å². The number of aryl methyl sites for hydroxylation is 2. The lowest BCUT2D eigenvalue weighted by Crippen LogP contribution is -2.32. The summed E-state index contributed by atoms with van der Waals surface area (Å²) in [5.74, 6) is 0.0790. The Morgan fingerprint density at radius 1 is 1.12 bits per heavy atom. The molecule has 5 aromatic rings. The molecule has 0 saturated carbocycles. The lowest BCUT2D eigenvalue weighted by molar-refractivity contribution is 0.0601. The molecule has 1 amide bonds. The molecule has 5 heterocycles. The summed E-state index contributed by atoms with van der Waals surface area (Å²) < 4.78 is 19.0. The number of nitrogens with one attached hydrogen (secondary N) is 2. The number of fused-ring (bicyclic) bond motifs is 4. The molecule has 2 aliphatic rings. The molecule has 0 bridgehead atoms. The van der Waals surface area contributed by atoms with Gasteiger partial charge in [0, 0.05) is 11.1 Å². The minimum Gasteiger partial charge on any atom is -0.465 e. The fourth-order valence-electron chi connectivity index (χ4n) is 5.79. The van der Waals surface area contributed by atoms with Crippen LogP contribution in [0.15, 0.2) is 47.4 Å². The molecule has 0 saturated heterocycles. The molecular weight excluding hydrogens is 570 g/mol. The Morgan fingerprint density at radius 2 is 1.93 bits per heavy atom. The number of nitrogens with zero attached hydrogens (tertiary/aromatic N) is 3. The van der Waals surface area contributed by atoms with E-state index in [1.807, 2.05) is 25.1 Å². The zero-order valence-electron chi connectivity index (χ0n) is 23.5. The lowest BCUT2D eigenvalue weighted by atomic mass is 9.95. The number of carbonyl (C=O) groups is 2. The predicted molar refractivity (Wildman–Crippen MR) is 159 cm³/mol. The molecule has 43 heavy (non-hydrogen) atoms. The second kappa shape index (κ2) is 10.4. The summed E-state index contributed by atoms with van der Waals surface area (Å²) in [7, 11) is 1.32. The van der Waals surface area contributed by atoms with Crippen molar-refractivity contribution in [3.63, 3.8) is 0 Å². The summed E-state index contributed by atoms with van der Waals surface area (Å²) >= 11 is 1.36. The molecule has 4 aromatic heterocycles. The monoisotopic (exact) mass is 597 g/mol. The maximum Gasteiger partial charge on any atom is 0.341 e. The average Bonchev–Trinajstić information content (AvgIpc) is 3.62. The molecule has 0 spiro atoms. The van der Waals surface area contributed by atoms with Gasteiger partial charge in [-0.2, -0.15) is 0 Å². The Morgan fingerprint density at radius 3 is 2.77 bits per heavy atom. The Labute approximate surface area is 248 Å². The number of hydrogen-bond donors (Lipinski definition) is 2. The van der Waals surface area contributed by atoms with Gasteiger partial charge in [-0.3, -0.25) is 19.4 Å². The average molecular weight is 598 g/mol. The van der Waals surface area contributed by atoms with Crippen molar-refractivity contribution in [2.75, 3.05) is 19.2 Å². The maximum atomic E-state index is 13.9. The van der Waals surface area contributed by atoms with Crippen LogP contribution in [0.3, 0.4) is 0 Å². The standard InChI is InChI=1S/C31H27N5O6S/c1-16-6-5-11-35-26(16)33-27-20(30(35)38)13-19(25(32)36(27)14-17-9-10-21-22(12-17)42-15-41-21)28(37)34-29-24(31(39)40-2)18-7-3-4-8-23(18)43-29/h5-6,9-13,32H,3-4,7-8,14-15H2,1-2H3,(H,34,37). The largest absolute Gasteiger partial charge is 0.465 e. The van der Waals surface area contributed by atoms with Gasteiger partial charge in [0.15, 0.2) is 11.5 Å². The fourth-order valence-corrected chi connectivity index (χ4v) is 7.06. The van der Waals surface area contributed by atoms with Crippen LogP contribution in [0.25, 0.3) is 16.7 Å². The predicted octanol–water partition coefficient (Wildman–Crippen LogP) is 4.19. The first-order valence-corrected chi connectivity index (χ1v) is 14.7.